The normalized spacial score (nSPS) is 21.7. The van der Waals surface area contributed by atoms with Crippen LogP contribution in [0.2, 0.25) is 0 Å². The van der Waals surface area contributed by atoms with E-state index < -0.39 is 0 Å². The first-order chi connectivity index (χ1) is 14.5. The van der Waals surface area contributed by atoms with E-state index in [1.807, 2.05) is 30.0 Å². The van der Waals surface area contributed by atoms with E-state index in [1.165, 1.54) is 27.5 Å². The van der Waals surface area contributed by atoms with Crippen molar-refractivity contribution in [3.63, 3.8) is 0 Å². The minimum absolute atomic E-state index is 0.0983. The third-order valence-electron chi connectivity index (χ3n) is 6.25. The van der Waals surface area contributed by atoms with Gasteiger partial charge in [-0.25, -0.2) is 4.39 Å². The molecule has 158 valence electrons. The van der Waals surface area contributed by atoms with Crippen LogP contribution >= 0.6 is 0 Å². The first-order valence-electron chi connectivity index (χ1n) is 10.6. The number of para-hydroxylation sites is 1. The van der Waals surface area contributed by atoms with Crippen molar-refractivity contribution in [1.82, 2.24) is 0 Å². The molecule has 2 aromatic carbocycles. The quantitative estimate of drug-likeness (QED) is 0.622. The van der Waals surface area contributed by atoms with E-state index in [0.717, 1.165) is 44.8 Å². The maximum absolute atomic E-state index is 13.3. The van der Waals surface area contributed by atoms with E-state index in [0.29, 0.717) is 12.2 Å². The highest BCUT2D eigenvalue weighted by Crippen LogP contribution is 2.27. The smallest absolute Gasteiger partial charge is 0.284 e. The molecule has 6 nitrogen and oxygen atoms in total. The van der Waals surface area contributed by atoms with E-state index in [9.17, 15) is 14.0 Å². The van der Waals surface area contributed by atoms with Gasteiger partial charge in [0.15, 0.2) is 12.6 Å². The van der Waals surface area contributed by atoms with Crippen molar-refractivity contribution >= 4 is 23.2 Å². The van der Waals surface area contributed by atoms with Gasteiger partial charge in [0, 0.05) is 17.9 Å². The Bertz CT molecular complexity index is 927. The first kappa shape index (κ1) is 20.5. The number of quaternary nitrogens is 2. The number of nitrogens with zero attached hydrogens (tertiary/aromatic N) is 1. The number of nitrogens with one attached hydrogen (secondary N) is 3. The molecule has 0 bridgehead atoms. The van der Waals surface area contributed by atoms with Gasteiger partial charge in [-0.1, -0.05) is 24.3 Å². The summed E-state index contributed by atoms with van der Waals surface area (Å²) in [6.45, 7) is 6.50. The Hall–Kier alpha value is -2.77. The van der Waals surface area contributed by atoms with E-state index >= 15 is 0 Å². The highest BCUT2D eigenvalue weighted by Gasteiger charge is 2.36. The standard InChI is InChI=1S/C23H27FN4O2/c1-17(23(30)28-10-9-18-5-2-3-8-21(18)28)27-13-11-26(12-14-27)16-22(29)25-20-7-4-6-19(24)15-20/h2-8,15,17H,9-14,16H2,1H3,(H,25,29)/p+2/t17-/m1/s1. The summed E-state index contributed by atoms with van der Waals surface area (Å²) in [4.78, 5) is 29.8. The molecule has 0 aliphatic carbocycles. The molecular formula is C23H29FN4O2+2. The van der Waals surface area contributed by atoms with Crippen molar-refractivity contribution in [2.45, 2.75) is 19.4 Å². The number of carbonyl (C=O) groups is 2. The Morgan fingerprint density at radius 1 is 1.10 bits per heavy atom. The Morgan fingerprint density at radius 3 is 2.63 bits per heavy atom. The summed E-state index contributed by atoms with van der Waals surface area (Å²) in [7, 11) is 0. The second-order valence-electron chi connectivity index (χ2n) is 8.23. The lowest BCUT2D eigenvalue weighted by atomic mass is 10.1. The molecule has 0 aromatic heterocycles. The van der Waals surface area contributed by atoms with Crippen molar-refractivity contribution < 1.29 is 23.8 Å². The fraction of sp³-hybridized carbons (Fsp3) is 0.391. The largest absolute Gasteiger partial charge is 0.321 e. The molecule has 2 aliphatic rings. The molecule has 3 N–H and O–H groups in total. The van der Waals surface area contributed by atoms with Crippen LogP contribution in [0.4, 0.5) is 15.8 Å². The van der Waals surface area contributed by atoms with Crippen molar-refractivity contribution in [2.75, 3.05) is 49.5 Å². The number of anilines is 2. The summed E-state index contributed by atoms with van der Waals surface area (Å²) in [5, 5.41) is 2.76. The fourth-order valence-electron chi connectivity index (χ4n) is 4.51. The zero-order valence-electron chi connectivity index (χ0n) is 17.3. The van der Waals surface area contributed by atoms with Gasteiger partial charge < -0.3 is 20.0 Å². The highest BCUT2D eigenvalue weighted by molar-refractivity contribution is 5.98. The van der Waals surface area contributed by atoms with E-state index in [4.69, 9.17) is 0 Å². The van der Waals surface area contributed by atoms with Crippen molar-refractivity contribution in [2.24, 2.45) is 0 Å². The SMILES string of the molecule is C[C@H](C(=O)N1CCc2ccccc21)[NH+]1CC[NH+](CC(=O)Nc2cccc(F)c2)CC1. The number of hydrogen-bond acceptors (Lipinski definition) is 2. The van der Waals surface area contributed by atoms with Crippen LogP contribution in [0.1, 0.15) is 12.5 Å². The Balaban J connectivity index is 1.27. The Kier molecular flexibility index (Phi) is 6.11. The van der Waals surface area contributed by atoms with Gasteiger partial charge in [0.05, 0.1) is 0 Å². The minimum Gasteiger partial charge on any atom is -0.321 e. The number of halogens is 1. The summed E-state index contributed by atoms with van der Waals surface area (Å²) < 4.78 is 13.3. The third-order valence-corrected chi connectivity index (χ3v) is 6.25. The monoisotopic (exact) mass is 412 g/mol. The highest BCUT2D eigenvalue weighted by atomic mass is 19.1. The first-order valence-corrected chi connectivity index (χ1v) is 10.6. The molecular weight excluding hydrogens is 383 g/mol. The predicted molar refractivity (Wildman–Crippen MR) is 113 cm³/mol. The topological polar surface area (TPSA) is 58.3 Å². The molecule has 1 saturated heterocycles. The second kappa shape index (κ2) is 8.93. The molecule has 2 aliphatic heterocycles. The van der Waals surface area contributed by atoms with Gasteiger partial charge >= 0.3 is 0 Å². The molecule has 4 rings (SSSR count). The van der Waals surface area contributed by atoms with Crippen LogP contribution in [0.25, 0.3) is 0 Å². The minimum atomic E-state index is -0.364. The second-order valence-corrected chi connectivity index (χ2v) is 8.23. The van der Waals surface area contributed by atoms with Crippen LogP contribution in [-0.4, -0.2) is 57.1 Å². The number of hydrogen-bond donors (Lipinski definition) is 3. The van der Waals surface area contributed by atoms with Crippen LogP contribution in [0.15, 0.2) is 48.5 Å². The number of rotatable bonds is 5. The summed E-state index contributed by atoms with van der Waals surface area (Å²) >= 11 is 0. The van der Waals surface area contributed by atoms with Gasteiger partial charge in [-0.05, 0) is 43.2 Å². The Labute approximate surface area is 176 Å². The van der Waals surface area contributed by atoms with Crippen LogP contribution in [0, 0.1) is 5.82 Å². The molecule has 0 unspecified atom stereocenters. The van der Waals surface area contributed by atoms with Crippen LogP contribution in [-0.2, 0) is 16.0 Å². The van der Waals surface area contributed by atoms with E-state index in [2.05, 4.69) is 11.4 Å². The maximum atomic E-state index is 13.3. The predicted octanol–water partition coefficient (Wildman–Crippen LogP) is -0.475. The maximum Gasteiger partial charge on any atom is 0.284 e. The molecule has 2 heterocycles. The summed E-state index contributed by atoms with van der Waals surface area (Å²) in [6.07, 6.45) is 0.919. The molecule has 0 radical (unpaired) electrons. The molecule has 2 aromatic rings. The number of benzene rings is 2. The zero-order chi connectivity index (χ0) is 21.1. The molecule has 0 spiro atoms. The lowest BCUT2D eigenvalue weighted by Gasteiger charge is -2.33. The van der Waals surface area contributed by atoms with Crippen LogP contribution in [0.5, 0.6) is 0 Å². The Morgan fingerprint density at radius 2 is 1.87 bits per heavy atom. The molecule has 7 heteroatoms. The molecule has 1 atom stereocenters. The molecule has 1 fully saturated rings. The lowest BCUT2D eigenvalue weighted by Crippen LogP contribution is -3.30. The van der Waals surface area contributed by atoms with E-state index in [-0.39, 0.29) is 23.7 Å². The number of fused-ring (bicyclic) bond motifs is 1. The third kappa shape index (κ3) is 4.52. The number of piperazine rings is 1. The van der Waals surface area contributed by atoms with Crippen LogP contribution < -0.4 is 20.0 Å². The lowest BCUT2D eigenvalue weighted by molar-refractivity contribution is -1.01. The van der Waals surface area contributed by atoms with Gasteiger partial charge in [-0.15, -0.1) is 0 Å². The summed E-state index contributed by atoms with van der Waals surface area (Å²) in [6, 6.07) is 14.0. The summed E-state index contributed by atoms with van der Waals surface area (Å²) in [5.74, 6) is -0.296. The van der Waals surface area contributed by atoms with Gasteiger partial charge in [0.25, 0.3) is 11.8 Å². The average Bonchev–Trinajstić information content (AvgIpc) is 3.17. The van der Waals surface area contributed by atoms with Gasteiger partial charge in [0.2, 0.25) is 0 Å². The van der Waals surface area contributed by atoms with Gasteiger partial charge in [-0.2, -0.15) is 0 Å². The van der Waals surface area contributed by atoms with Crippen molar-refractivity contribution in [1.29, 1.82) is 0 Å². The molecule has 0 saturated carbocycles. The molecule has 30 heavy (non-hydrogen) atoms. The van der Waals surface area contributed by atoms with E-state index in [1.54, 1.807) is 12.1 Å². The average molecular weight is 413 g/mol. The zero-order valence-corrected chi connectivity index (χ0v) is 17.3. The van der Waals surface area contributed by atoms with Crippen molar-refractivity contribution in [3.8, 4) is 0 Å². The van der Waals surface area contributed by atoms with Gasteiger partial charge in [-0.3, -0.25) is 9.59 Å². The number of amides is 2. The molecule has 2 amide bonds. The van der Waals surface area contributed by atoms with Crippen LogP contribution in [0.3, 0.4) is 0 Å². The fourth-order valence-corrected chi connectivity index (χ4v) is 4.51. The summed E-state index contributed by atoms with van der Waals surface area (Å²) in [5.41, 5.74) is 2.77. The van der Waals surface area contributed by atoms with Gasteiger partial charge in [0.1, 0.15) is 32.0 Å². The van der Waals surface area contributed by atoms with Crippen molar-refractivity contribution in [3.05, 3.63) is 59.9 Å². The number of carbonyl (C=O) groups excluding carboxylic acids is 2.